The lowest BCUT2D eigenvalue weighted by atomic mass is 10.1. The summed E-state index contributed by atoms with van der Waals surface area (Å²) in [5.41, 5.74) is 2.27. The third-order valence-corrected chi connectivity index (χ3v) is 5.86. The first-order chi connectivity index (χ1) is 14.8. The number of nitrogens with zero attached hydrogens (tertiary/aromatic N) is 1. The Morgan fingerprint density at radius 1 is 0.871 bits per heavy atom. The van der Waals surface area contributed by atoms with E-state index in [-0.39, 0.29) is 23.2 Å². The lowest BCUT2D eigenvalue weighted by Crippen LogP contribution is -2.33. The fourth-order valence-corrected chi connectivity index (χ4v) is 4.37. The van der Waals surface area contributed by atoms with Crippen molar-refractivity contribution in [1.82, 2.24) is 4.90 Å². The van der Waals surface area contributed by atoms with Gasteiger partial charge in [-0.05, 0) is 55.7 Å². The average molecular weight is 440 g/mol. The second-order valence-electron chi connectivity index (χ2n) is 7.92. The number of carbonyl (C=O) groups excluding carboxylic acids is 2. The van der Waals surface area contributed by atoms with Crippen LogP contribution in [0, 0.1) is 0 Å². The van der Waals surface area contributed by atoms with Crippen molar-refractivity contribution in [2.75, 3.05) is 13.7 Å². The number of rotatable bonds is 9. The Balaban J connectivity index is 1.82. The van der Waals surface area contributed by atoms with E-state index in [1.807, 2.05) is 76.2 Å². The molecule has 1 aliphatic rings. The van der Waals surface area contributed by atoms with Crippen LogP contribution >= 0.6 is 11.8 Å². The number of hydrogen-bond acceptors (Lipinski definition) is 5. The Bertz CT molecular complexity index is 962. The van der Waals surface area contributed by atoms with Gasteiger partial charge in [0.25, 0.3) is 11.8 Å². The molecule has 0 fully saturated rings. The zero-order chi connectivity index (χ0) is 22.5. The molecule has 0 aromatic heterocycles. The van der Waals surface area contributed by atoms with Crippen LogP contribution in [-0.2, 0) is 16.0 Å². The van der Waals surface area contributed by atoms with Gasteiger partial charge in [0.1, 0.15) is 11.5 Å². The van der Waals surface area contributed by atoms with Crippen LogP contribution in [0.25, 0.3) is 5.57 Å². The van der Waals surface area contributed by atoms with Gasteiger partial charge < -0.3 is 9.47 Å². The summed E-state index contributed by atoms with van der Waals surface area (Å²) >= 11 is 1.44. The van der Waals surface area contributed by atoms with Crippen LogP contribution in [0.3, 0.4) is 0 Å². The molecule has 0 radical (unpaired) electrons. The zero-order valence-corrected chi connectivity index (χ0v) is 19.5. The number of benzene rings is 2. The highest BCUT2D eigenvalue weighted by atomic mass is 32.2. The molecule has 0 saturated carbocycles. The predicted octanol–water partition coefficient (Wildman–Crippen LogP) is 4.95. The van der Waals surface area contributed by atoms with Crippen molar-refractivity contribution < 1.29 is 19.1 Å². The molecule has 164 valence electrons. The number of methoxy groups -OCH3 is 1. The molecule has 0 aliphatic carbocycles. The molecule has 2 aromatic rings. The summed E-state index contributed by atoms with van der Waals surface area (Å²) in [6.45, 7) is 8.31. The molecule has 3 rings (SSSR count). The number of imide groups is 1. The highest BCUT2D eigenvalue weighted by molar-refractivity contribution is 8.04. The van der Waals surface area contributed by atoms with Gasteiger partial charge in [0.15, 0.2) is 0 Å². The molecule has 31 heavy (non-hydrogen) atoms. The minimum atomic E-state index is -0.237. The molecule has 2 amide bonds. The topological polar surface area (TPSA) is 55.8 Å². The number of hydrogen-bond donors (Lipinski definition) is 0. The van der Waals surface area contributed by atoms with Crippen LogP contribution in [0.15, 0.2) is 53.4 Å². The summed E-state index contributed by atoms with van der Waals surface area (Å²) in [4.78, 5) is 28.3. The Labute approximate surface area is 188 Å². The molecule has 5 nitrogen and oxygen atoms in total. The van der Waals surface area contributed by atoms with E-state index >= 15 is 0 Å². The first-order valence-corrected chi connectivity index (χ1v) is 11.3. The van der Waals surface area contributed by atoms with Crippen LogP contribution < -0.4 is 9.47 Å². The van der Waals surface area contributed by atoms with Crippen LogP contribution in [0.4, 0.5) is 0 Å². The Morgan fingerprint density at radius 2 is 1.48 bits per heavy atom. The molecule has 2 aromatic carbocycles. The van der Waals surface area contributed by atoms with Gasteiger partial charge in [0, 0.05) is 11.8 Å². The number of amides is 2. The largest absolute Gasteiger partial charge is 0.497 e. The van der Waals surface area contributed by atoms with Crippen LogP contribution in [-0.4, -0.2) is 41.7 Å². The van der Waals surface area contributed by atoms with Crippen molar-refractivity contribution in [3.8, 4) is 11.5 Å². The van der Waals surface area contributed by atoms with E-state index in [0.29, 0.717) is 23.4 Å². The van der Waals surface area contributed by atoms with Crippen molar-refractivity contribution in [2.24, 2.45) is 0 Å². The molecule has 0 saturated heterocycles. The summed E-state index contributed by atoms with van der Waals surface area (Å²) in [5, 5.41) is 0.187. The van der Waals surface area contributed by atoms with E-state index in [1.165, 1.54) is 16.7 Å². The van der Waals surface area contributed by atoms with Gasteiger partial charge in [-0.2, -0.15) is 0 Å². The van der Waals surface area contributed by atoms with E-state index in [1.54, 1.807) is 7.11 Å². The summed E-state index contributed by atoms with van der Waals surface area (Å²) < 4.78 is 10.9. The van der Waals surface area contributed by atoms with E-state index in [4.69, 9.17) is 9.47 Å². The molecule has 1 heterocycles. The molecular weight excluding hydrogens is 410 g/mol. The third kappa shape index (κ3) is 5.50. The fourth-order valence-electron chi connectivity index (χ4n) is 3.36. The molecule has 1 aliphatic heterocycles. The summed E-state index contributed by atoms with van der Waals surface area (Å²) in [6, 6.07) is 15.1. The van der Waals surface area contributed by atoms with Crippen molar-refractivity contribution in [2.45, 2.75) is 45.5 Å². The normalized spacial score (nSPS) is 14.2. The molecule has 0 bridgehead atoms. The van der Waals surface area contributed by atoms with Crippen molar-refractivity contribution in [1.29, 1.82) is 0 Å². The first kappa shape index (κ1) is 22.9. The lowest BCUT2D eigenvalue weighted by Gasteiger charge is -2.15. The van der Waals surface area contributed by atoms with Crippen LogP contribution in [0.5, 0.6) is 11.5 Å². The number of thioether (sulfide) groups is 1. The molecule has 0 atom stereocenters. The quantitative estimate of drug-likeness (QED) is 0.518. The zero-order valence-electron chi connectivity index (χ0n) is 18.7. The maximum atomic E-state index is 13.3. The smallest absolute Gasteiger partial charge is 0.268 e. The maximum Gasteiger partial charge on any atom is 0.268 e. The molecule has 0 N–H and O–H groups in total. The lowest BCUT2D eigenvalue weighted by molar-refractivity contribution is -0.136. The molecule has 6 heteroatoms. The standard InChI is InChI=1S/C25H29NO4S/c1-16(2)30-21-12-8-19(9-13-21)22-23(31-17(3)4)25(28)26(24(22)27)15-14-18-6-10-20(29-5)11-7-18/h6-13,16-17H,14-15H2,1-5H3. The highest BCUT2D eigenvalue weighted by Gasteiger charge is 2.39. The highest BCUT2D eigenvalue weighted by Crippen LogP contribution is 2.38. The average Bonchev–Trinajstić information content (AvgIpc) is 2.96. The molecular formula is C25H29NO4S. The summed E-state index contributed by atoms with van der Waals surface area (Å²) in [7, 11) is 1.62. The maximum absolute atomic E-state index is 13.3. The fraction of sp³-hybridized carbons (Fsp3) is 0.360. The van der Waals surface area contributed by atoms with Crippen molar-refractivity contribution in [3.63, 3.8) is 0 Å². The van der Waals surface area contributed by atoms with Gasteiger partial charge in [0.2, 0.25) is 0 Å². The number of carbonyl (C=O) groups is 2. The van der Waals surface area contributed by atoms with Gasteiger partial charge in [-0.25, -0.2) is 0 Å². The first-order valence-electron chi connectivity index (χ1n) is 10.5. The number of ether oxygens (including phenoxy) is 2. The van der Waals surface area contributed by atoms with Gasteiger partial charge in [-0.15, -0.1) is 11.8 Å². The minimum Gasteiger partial charge on any atom is -0.497 e. The SMILES string of the molecule is COc1ccc(CCN2C(=O)C(SC(C)C)=C(c3ccc(OC(C)C)cc3)C2=O)cc1. The third-order valence-electron chi connectivity index (χ3n) is 4.78. The van der Waals surface area contributed by atoms with Gasteiger partial charge in [-0.1, -0.05) is 38.1 Å². The van der Waals surface area contributed by atoms with E-state index < -0.39 is 0 Å². The Kier molecular flexibility index (Phi) is 7.44. The predicted molar refractivity (Wildman–Crippen MR) is 125 cm³/mol. The van der Waals surface area contributed by atoms with Crippen LogP contribution in [0.2, 0.25) is 0 Å². The second-order valence-corrected chi connectivity index (χ2v) is 9.51. The Morgan fingerprint density at radius 3 is 2.03 bits per heavy atom. The second kappa shape index (κ2) is 10.1. The van der Waals surface area contributed by atoms with E-state index in [2.05, 4.69) is 0 Å². The van der Waals surface area contributed by atoms with Gasteiger partial charge >= 0.3 is 0 Å². The van der Waals surface area contributed by atoms with Gasteiger partial charge in [-0.3, -0.25) is 14.5 Å². The van der Waals surface area contributed by atoms with Crippen molar-refractivity contribution >= 4 is 29.1 Å². The van der Waals surface area contributed by atoms with Gasteiger partial charge in [0.05, 0.1) is 23.7 Å². The van der Waals surface area contributed by atoms with E-state index in [0.717, 1.165) is 22.6 Å². The van der Waals surface area contributed by atoms with Crippen molar-refractivity contribution in [3.05, 3.63) is 64.6 Å². The minimum absolute atomic E-state index is 0.0697. The van der Waals surface area contributed by atoms with Crippen LogP contribution in [0.1, 0.15) is 38.8 Å². The molecule has 0 unspecified atom stereocenters. The molecule has 0 spiro atoms. The monoisotopic (exact) mass is 439 g/mol. The summed E-state index contributed by atoms with van der Waals surface area (Å²) in [5.74, 6) is 1.07. The Hall–Kier alpha value is -2.73. The van der Waals surface area contributed by atoms with E-state index in [9.17, 15) is 9.59 Å². The summed E-state index contributed by atoms with van der Waals surface area (Å²) in [6.07, 6.45) is 0.662.